The zero-order valence-corrected chi connectivity index (χ0v) is 10.8. The van der Waals surface area contributed by atoms with Crippen LogP contribution in [0.25, 0.3) is 0 Å². The lowest BCUT2D eigenvalue weighted by molar-refractivity contribution is -0.283. The van der Waals surface area contributed by atoms with Gasteiger partial charge in [0.15, 0.2) is 0 Å². The van der Waals surface area contributed by atoms with Gasteiger partial charge in [0.2, 0.25) is 12.6 Å². The average molecular weight is 345 g/mol. The van der Waals surface area contributed by atoms with E-state index in [1.165, 1.54) is 0 Å². The molecule has 0 bridgehead atoms. The zero-order valence-electron chi connectivity index (χ0n) is 9.29. The van der Waals surface area contributed by atoms with Crippen LogP contribution in [0.1, 0.15) is 0 Å². The summed E-state index contributed by atoms with van der Waals surface area (Å²) in [6, 6.07) is 0. The van der Waals surface area contributed by atoms with E-state index in [9.17, 15) is 27.2 Å². The molecule has 0 aliphatic carbocycles. The predicted molar refractivity (Wildman–Crippen MR) is 53.3 cm³/mol. The van der Waals surface area contributed by atoms with E-state index in [1.807, 2.05) is 0 Å². The number of halogens is 6. The van der Waals surface area contributed by atoms with Crippen LogP contribution in [-0.4, -0.2) is 48.5 Å². The highest BCUT2D eigenvalue weighted by molar-refractivity contribution is 6.31. The van der Waals surface area contributed by atoms with Gasteiger partial charge in [0.05, 0.1) is 0 Å². The minimum Gasteiger partial charge on any atom is -0.428 e. The highest BCUT2D eigenvalue weighted by atomic mass is 35.5. The van der Waals surface area contributed by atoms with Gasteiger partial charge in [0.25, 0.3) is 0 Å². The lowest BCUT2D eigenvalue weighted by Gasteiger charge is -2.29. The van der Waals surface area contributed by atoms with Crippen LogP contribution in [0.3, 0.4) is 0 Å². The average Bonchev–Trinajstić information content (AvgIpc) is 2.29. The maximum absolute atomic E-state index is 12.3. The van der Waals surface area contributed by atoms with Crippen molar-refractivity contribution in [3.8, 4) is 0 Å². The molecule has 0 aromatic heterocycles. The van der Waals surface area contributed by atoms with Gasteiger partial charge < -0.3 is 18.9 Å². The molecular weight excluding hydrogens is 339 g/mol. The van der Waals surface area contributed by atoms with Crippen molar-refractivity contribution in [3.63, 3.8) is 0 Å². The summed E-state index contributed by atoms with van der Waals surface area (Å²) in [5.41, 5.74) is 0. The van der Waals surface area contributed by atoms with Gasteiger partial charge in [-0.15, -0.1) is 0 Å². The second-order valence-electron chi connectivity index (χ2n) is 3.33. The van der Waals surface area contributed by atoms with E-state index in [-0.39, 0.29) is 0 Å². The number of hydrogen-bond donors (Lipinski definition) is 0. The first-order valence-corrected chi connectivity index (χ1v) is 5.54. The third-order valence-electron chi connectivity index (χ3n) is 1.78. The maximum Gasteiger partial charge on any atom is 0.418 e. The molecule has 0 N–H and O–H groups in total. The molecule has 0 radical (unpaired) electrons. The van der Waals surface area contributed by atoms with Crippen LogP contribution in [0.4, 0.5) is 17.6 Å². The van der Waals surface area contributed by atoms with Gasteiger partial charge in [0.1, 0.15) is 13.2 Å². The summed E-state index contributed by atoms with van der Waals surface area (Å²) in [6.07, 6.45) is -3.09. The summed E-state index contributed by atoms with van der Waals surface area (Å²) >= 11 is 8.76. The first-order chi connectivity index (χ1) is 9.00. The van der Waals surface area contributed by atoms with Crippen LogP contribution in [0.5, 0.6) is 0 Å². The van der Waals surface area contributed by atoms with Gasteiger partial charge >= 0.3 is 22.7 Å². The van der Waals surface area contributed by atoms with Crippen molar-refractivity contribution in [2.75, 3.05) is 13.2 Å². The highest BCUT2D eigenvalue weighted by Gasteiger charge is 2.43. The molecule has 0 spiro atoms. The van der Waals surface area contributed by atoms with Crippen molar-refractivity contribution in [2.45, 2.75) is 23.3 Å². The first kappa shape index (κ1) is 17.2. The van der Waals surface area contributed by atoms with Gasteiger partial charge in [-0.3, -0.25) is 0 Å². The number of esters is 2. The topological polar surface area (TPSA) is 71.1 Å². The summed E-state index contributed by atoms with van der Waals surface area (Å²) in [5, 5.41) is -8.49. The fourth-order valence-corrected chi connectivity index (χ4v) is 1.07. The minimum absolute atomic E-state index is 0.634. The largest absolute Gasteiger partial charge is 0.428 e. The van der Waals surface area contributed by atoms with Crippen LogP contribution in [0, 0.1) is 0 Å². The molecule has 6 nitrogen and oxygen atoms in total. The van der Waals surface area contributed by atoms with Crippen LogP contribution in [0.2, 0.25) is 0 Å². The number of carbonyl (C=O) groups is 2. The molecule has 2 atom stereocenters. The zero-order chi connectivity index (χ0) is 15.6. The molecule has 20 heavy (non-hydrogen) atoms. The molecule has 1 aliphatic rings. The summed E-state index contributed by atoms with van der Waals surface area (Å²) in [7, 11) is 0. The standard InChI is InChI=1S/C8H6Cl2F4O6/c9-7(11,12)5(15)19-3-1-17-4(2-18-3)20-6(16)8(10,13)14/h3-4H,1-2H2. The van der Waals surface area contributed by atoms with E-state index < -0.39 is 48.5 Å². The van der Waals surface area contributed by atoms with Crippen molar-refractivity contribution >= 4 is 35.1 Å². The van der Waals surface area contributed by atoms with Crippen LogP contribution in [0.15, 0.2) is 0 Å². The lowest BCUT2D eigenvalue weighted by atomic mass is 10.5. The maximum atomic E-state index is 12.3. The predicted octanol–water partition coefficient (Wildman–Crippen LogP) is 1.43. The number of hydrogen-bond acceptors (Lipinski definition) is 6. The first-order valence-electron chi connectivity index (χ1n) is 4.79. The summed E-state index contributed by atoms with van der Waals surface area (Å²) in [4.78, 5) is 21.4. The van der Waals surface area contributed by atoms with Gasteiger partial charge in [-0.1, -0.05) is 0 Å². The lowest BCUT2D eigenvalue weighted by Crippen LogP contribution is -2.43. The summed E-state index contributed by atoms with van der Waals surface area (Å²) in [6.45, 7) is -1.27. The number of carbonyl (C=O) groups excluding carboxylic acids is 2. The third-order valence-corrected chi connectivity index (χ3v) is 2.08. The van der Waals surface area contributed by atoms with E-state index >= 15 is 0 Å². The summed E-state index contributed by atoms with van der Waals surface area (Å²) in [5.74, 6) is -4.15. The second kappa shape index (κ2) is 6.29. The van der Waals surface area contributed by atoms with E-state index in [0.717, 1.165) is 0 Å². The SMILES string of the molecule is O=C(OC1COC(OC(=O)C(F)(F)Cl)CO1)C(F)(F)Cl. The monoisotopic (exact) mass is 344 g/mol. The van der Waals surface area contributed by atoms with E-state index in [2.05, 4.69) is 42.1 Å². The molecule has 0 aromatic rings. The molecule has 0 amide bonds. The Kier molecular flexibility index (Phi) is 5.41. The Balaban J connectivity index is 2.37. The summed E-state index contributed by atoms with van der Waals surface area (Å²) < 4.78 is 66.6. The fourth-order valence-electron chi connectivity index (χ4n) is 0.976. The highest BCUT2D eigenvalue weighted by Crippen LogP contribution is 2.24. The second-order valence-corrected chi connectivity index (χ2v) is 4.28. The van der Waals surface area contributed by atoms with Crippen molar-refractivity contribution in [2.24, 2.45) is 0 Å². The molecule has 0 aromatic carbocycles. The van der Waals surface area contributed by atoms with Gasteiger partial charge in [-0.2, -0.15) is 17.6 Å². The number of ether oxygens (including phenoxy) is 4. The molecule has 116 valence electrons. The van der Waals surface area contributed by atoms with Crippen LogP contribution < -0.4 is 0 Å². The van der Waals surface area contributed by atoms with E-state index in [4.69, 9.17) is 0 Å². The Morgan fingerprint density at radius 3 is 1.40 bits per heavy atom. The Bertz CT molecular complexity index is 338. The molecular formula is C8H6Cl2F4O6. The molecule has 1 aliphatic heterocycles. The smallest absolute Gasteiger partial charge is 0.418 e. The molecule has 0 saturated carbocycles. The Labute approximate surface area is 118 Å². The molecule has 12 heteroatoms. The molecule has 2 unspecified atom stereocenters. The molecule has 1 rings (SSSR count). The van der Waals surface area contributed by atoms with Crippen LogP contribution >= 0.6 is 23.2 Å². The van der Waals surface area contributed by atoms with Crippen molar-refractivity contribution in [3.05, 3.63) is 0 Å². The molecule has 1 fully saturated rings. The normalized spacial score (nSPS) is 24.1. The van der Waals surface area contributed by atoms with Gasteiger partial charge in [0, 0.05) is 0 Å². The fraction of sp³-hybridized carbons (Fsp3) is 0.750. The van der Waals surface area contributed by atoms with Crippen LogP contribution in [-0.2, 0) is 28.5 Å². The third kappa shape index (κ3) is 5.27. The van der Waals surface area contributed by atoms with Crippen molar-refractivity contribution in [1.29, 1.82) is 0 Å². The molecule has 1 heterocycles. The van der Waals surface area contributed by atoms with Gasteiger partial charge in [-0.25, -0.2) is 9.59 Å². The Morgan fingerprint density at radius 2 is 1.20 bits per heavy atom. The Morgan fingerprint density at radius 1 is 0.900 bits per heavy atom. The number of rotatable bonds is 4. The van der Waals surface area contributed by atoms with Crippen molar-refractivity contribution < 1.29 is 46.1 Å². The number of alkyl halides is 6. The quantitative estimate of drug-likeness (QED) is 0.436. The molecule has 1 saturated heterocycles. The van der Waals surface area contributed by atoms with E-state index in [0.29, 0.717) is 0 Å². The van der Waals surface area contributed by atoms with E-state index in [1.54, 1.807) is 0 Å². The Hall–Kier alpha value is -0.840. The minimum atomic E-state index is -4.24. The van der Waals surface area contributed by atoms with Gasteiger partial charge in [-0.05, 0) is 23.2 Å². The van der Waals surface area contributed by atoms with Crippen molar-refractivity contribution in [1.82, 2.24) is 0 Å².